The monoisotopic (exact) mass is 381 g/mol. The molecule has 3 atom stereocenters. The molecule has 2 aliphatic rings. The second kappa shape index (κ2) is 9.45. The summed E-state index contributed by atoms with van der Waals surface area (Å²) in [6.07, 6.45) is 3.10. The molecule has 10 heteroatoms. The molecule has 0 bridgehead atoms. The highest BCUT2D eigenvalue weighted by Gasteiger charge is 2.42. The van der Waals surface area contributed by atoms with Gasteiger partial charge < -0.3 is 31.4 Å². The Labute approximate surface area is 157 Å². The van der Waals surface area contributed by atoms with Crippen LogP contribution in [0.15, 0.2) is 0 Å². The van der Waals surface area contributed by atoms with E-state index >= 15 is 0 Å². The van der Waals surface area contributed by atoms with E-state index in [-0.39, 0.29) is 37.1 Å². The Morgan fingerprint density at radius 3 is 2.33 bits per heavy atom. The first-order valence-corrected chi connectivity index (χ1v) is 9.23. The molecule has 0 unspecified atom stereocenters. The molecule has 10 nitrogen and oxygen atoms in total. The van der Waals surface area contributed by atoms with Gasteiger partial charge in [0.2, 0.25) is 23.6 Å². The van der Waals surface area contributed by atoms with Crippen LogP contribution in [0.3, 0.4) is 0 Å². The fourth-order valence-electron chi connectivity index (χ4n) is 3.68. The zero-order valence-electron chi connectivity index (χ0n) is 15.3. The van der Waals surface area contributed by atoms with Crippen molar-refractivity contribution in [2.75, 3.05) is 19.6 Å². The molecule has 2 saturated heterocycles. The lowest BCUT2D eigenvalue weighted by Gasteiger charge is -2.32. The summed E-state index contributed by atoms with van der Waals surface area (Å²) in [5, 5.41) is 2.48. The second-order valence-electron chi connectivity index (χ2n) is 6.90. The Morgan fingerprint density at radius 1 is 1.07 bits per heavy atom. The maximum Gasteiger partial charge on any atom is 0.246 e. The van der Waals surface area contributed by atoms with Crippen molar-refractivity contribution in [2.45, 2.75) is 56.7 Å². The molecular formula is C17H27N5O5. The van der Waals surface area contributed by atoms with Crippen molar-refractivity contribution < 1.29 is 24.0 Å². The Kier molecular flexibility index (Phi) is 7.28. The van der Waals surface area contributed by atoms with E-state index in [9.17, 15) is 24.0 Å². The summed E-state index contributed by atoms with van der Waals surface area (Å²) in [6.45, 7) is 0.750. The van der Waals surface area contributed by atoms with Crippen molar-refractivity contribution in [3.63, 3.8) is 0 Å². The second-order valence-corrected chi connectivity index (χ2v) is 6.90. The Morgan fingerprint density at radius 2 is 1.70 bits per heavy atom. The molecule has 27 heavy (non-hydrogen) atoms. The third kappa shape index (κ3) is 5.03. The molecule has 2 aliphatic heterocycles. The fraction of sp³-hybridized carbons (Fsp3) is 0.706. The third-order valence-electron chi connectivity index (χ3n) is 5.04. The number of nitrogens with one attached hydrogen (secondary N) is 1. The van der Waals surface area contributed by atoms with Crippen LogP contribution in [0.4, 0.5) is 0 Å². The quantitative estimate of drug-likeness (QED) is 0.408. The number of nitrogens with two attached hydrogens (primary N) is 2. The summed E-state index contributed by atoms with van der Waals surface area (Å²) < 4.78 is 0. The number of carbonyl (C=O) groups is 5. The number of aldehydes is 1. The molecule has 2 rings (SSSR count). The van der Waals surface area contributed by atoms with Crippen molar-refractivity contribution in [2.24, 2.45) is 11.5 Å². The van der Waals surface area contributed by atoms with Gasteiger partial charge in [0.05, 0.1) is 12.6 Å². The van der Waals surface area contributed by atoms with E-state index < -0.39 is 24.0 Å². The minimum absolute atomic E-state index is 0.00443. The first kappa shape index (κ1) is 20.8. The van der Waals surface area contributed by atoms with Crippen LogP contribution in [-0.2, 0) is 24.0 Å². The first-order valence-electron chi connectivity index (χ1n) is 9.23. The largest absolute Gasteiger partial charge is 0.370 e. The average Bonchev–Trinajstić information content (AvgIpc) is 3.32. The number of rotatable bonds is 8. The van der Waals surface area contributed by atoms with Gasteiger partial charge >= 0.3 is 0 Å². The lowest BCUT2D eigenvalue weighted by molar-refractivity contribution is -0.147. The normalized spacial score (nSPS) is 23.1. The van der Waals surface area contributed by atoms with Crippen molar-refractivity contribution in [1.82, 2.24) is 15.1 Å². The molecular weight excluding hydrogens is 354 g/mol. The van der Waals surface area contributed by atoms with E-state index in [2.05, 4.69) is 5.32 Å². The van der Waals surface area contributed by atoms with E-state index in [0.717, 1.165) is 0 Å². The van der Waals surface area contributed by atoms with Crippen LogP contribution in [0.5, 0.6) is 0 Å². The van der Waals surface area contributed by atoms with Crippen LogP contribution in [0.1, 0.15) is 38.5 Å². The van der Waals surface area contributed by atoms with Gasteiger partial charge in [0.25, 0.3) is 0 Å². The summed E-state index contributed by atoms with van der Waals surface area (Å²) in [5.74, 6) is -1.55. The highest BCUT2D eigenvalue weighted by atomic mass is 16.2. The van der Waals surface area contributed by atoms with Gasteiger partial charge in [-0.05, 0) is 32.1 Å². The van der Waals surface area contributed by atoms with Crippen LogP contribution < -0.4 is 16.8 Å². The number of hydrogen-bond donors (Lipinski definition) is 3. The predicted molar refractivity (Wildman–Crippen MR) is 94.9 cm³/mol. The molecule has 0 aromatic carbocycles. The Balaban J connectivity index is 2.03. The first-order chi connectivity index (χ1) is 12.9. The fourth-order valence-corrected chi connectivity index (χ4v) is 3.68. The highest BCUT2D eigenvalue weighted by Crippen LogP contribution is 2.25. The van der Waals surface area contributed by atoms with Gasteiger partial charge in [-0.15, -0.1) is 0 Å². The summed E-state index contributed by atoms with van der Waals surface area (Å²) in [7, 11) is 0. The highest BCUT2D eigenvalue weighted by molar-refractivity contribution is 5.94. The van der Waals surface area contributed by atoms with E-state index in [4.69, 9.17) is 11.5 Å². The zero-order valence-corrected chi connectivity index (χ0v) is 15.3. The molecule has 0 aliphatic carbocycles. The minimum Gasteiger partial charge on any atom is -0.370 e. The lowest BCUT2D eigenvalue weighted by atomic mass is 10.1. The average molecular weight is 381 g/mol. The van der Waals surface area contributed by atoms with Crippen LogP contribution in [0.2, 0.25) is 0 Å². The molecule has 0 radical (unpaired) electrons. The van der Waals surface area contributed by atoms with Gasteiger partial charge in [-0.3, -0.25) is 19.2 Å². The van der Waals surface area contributed by atoms with Gasteiger partial charge in [0.15, 0.2) is 0 Å². The molecule has 2 fully saturated rings. The van der Waals surface area contributed by atoms with Crippen molar-refractivity contribution >= 4 is 29.9 Å². The summed E-state index contributed by atoms with van der Waals surface area (Å²) in [6, 6.07) is -2.17. The van der Waals surface area contributed by atoms with Crippen LogP contribution in [0, 0.1) is 0 Å². The predicted octanol–water partition coefficient (Wildman–Crippen LogP) is -2.12. The Bertz CT molecular complexity index is 611. The summed E-state index contributed by atoms with van der Waals surface area (Å²) in [4.78, 5) is 62.1. The van der Waals surface area contributed by atoms with Gasteiger partial charge in [-0.2, -0.15) is 0 Å². The van der Waals surface area contributed by atoms with Gasteiger partial charge in [0.1, 0.15) is 18.4 Å². The standard InChI is InChI=1S/C17H27N5O5/c18-11(5-6-14(19)24)16(26)22-9-2-4-13(22)17(27)21-8-1-3-12(21)15(25)20-7-10-23/h10-13H,1-9,18H2,(H2,19,24)(H,20,25)/t11-,12-,13-/m0/s1. The number of nitrogens with zero attached hydrogens (tertiary/aromatic N) is 2. The van der Waals surface area contributed by atoms with Crippen molar-refractivity contribution in [1.29, 1.82) is 0 Å². The number of carbonyl (C=O) groups excluding carboxylic acids is 5. The maximum absolute atomic E-state index is 13.0. The van der Waals surface area contributed by atoms with Crippen molar-refractivity contribution in [3.8, 4) is 0 Å². The molecule has 150 valence electrons. The molecule has 0 spiro atoms. The lowest BCUT2D eigenvalue weighted by Crippen LogP contribution is -2.55. The van der Waals surface area contributed by atoms with E-state index in [0.29, 0.717) is 45.1 Å². The molecule has 4 amide bonds. The Hall–Kier alpha value is -2.49. The number of amides is 4. The van der Waals surface area contributed by atoms with Gasteiger partial charge in [-0.25, -0.2) is 0 Å². The van der Waals surface area contributed by atoms with Gasteiger partial charge in [-0.1, -0.05) is 0 Å². The topological polar surface area (TPSA) is 156 Å². The van der Waals surface area contributed by atoms with Crippen molar-refractivity contribution in [3.05, 3.63) is 0 Å². The molecule has 5 N–H and O–H groups in total. The third-order valence-corrected chi connectivity index (χ3v) is 5.04. The number of primary amides is 1. The SMILES string of the molecule is NC(=O)CC[C@H](N)C(=O)N1CCC[C@H]1C(=O)N1CCC[C@H]1C(=O)NCC=O. The molecule has 0 aromatic rings. The molecule has 2 heterocycles. The van der Waals surface area contributed by atoms with E-state index in [1.54, 1.807) is 0 Å². The number of likely N-dealkylation sites (tertiary alicyclic amines) is 2. The van der Waals surface area contributed by atoms with Gasteiger partial charge in [0, 0.05) is 19.5 Å². The molecule has 0 aromatic heterocycles. The van der Waals surface area contributed by atoms with Crippen LogP contribution in [-0.4, -0.2) is 77.5 Å². The zero-order chi connectivity index (χ0) is 20.0. The molecule has 0 saturated carbocycles. The maximum atomic E-state index is 13.0. The summed E-state index contributed by atoms with van der Waals surface area (Å²) in [5.41, 5.74) is 11.0. The van der Waals surface area contributed by atoms with Crippen LogP contribution in [0.25, 0.3) is 0 Å². The van der Waals surface area contributed by atoms with E-state index in [1.807, 2.05) is 0 Å². The minimum atomic E-state index is -0.892. The smallest absolute Gasteiger partial charge is 0.246 e. The number of hydrogen-bond acceptors (Lipinski definition) is 6. The van der Waals surface area contributed by atoms with Crippen LogP contribution >= 0.6 is 0 Å². The van der Waals surface area contributed by atoms with E-state index in [1.165, 1.54) is 9.80 Å². The summed E-state index contributed by atoms with van der Waals surface area (Å²) >= 11 is 0.